The predicted octanol–water partition coefficient (Wildman–Crippen LogP) is 9.00. The lowest BCUT2D eigenvalue weighted by Crippen LogP contribution is -1.94. The molecule has 0 aromatic heterocycles. The van der Waals surface area contributed by atoms with Crippen molar-refractivity contribution in [2.45, 2.75) is 64.7 Å². The van der Waals surface area contributed by atoms with E-state index in [2.05, 4.69) is 67.6 Å². The van der Waals surface area contributed by atoms with Gasteiger partial charge in [0.25, 0.3) is 0 Å². The monoisotopic (exact) mass is 407 g/mol. The normalized spacial score (nSPS) is 12.0. The lowest BCUT2D eigenvalue weighted by Gasteiger charge is -2.17. The van der Waals surface area contributed by atoms with Crippen molar-refractivity contribution < 1.29 is 0 Å². The van der Waals surface area contributed by atoms with Gasteiger partial charge in [-0.25, -0.2) is 0 Å². The topological polar surface area (TPSA) is 26.0 Å². The Morgan fingerprint density at radius 3 is 2.06 bits per heavy atom. The molecule has 0 aliphatic heterocycles. The van der Waals surface area contributed by atoms with Gasteiger partial charge in [-0.1, -0.05) is 106 Å². The lowest BCUT2D eigenvalue weighted by atomic mass is 9.87. The van der Waals surface area contributed by atoms with Crippen LogP contribution in [0, 0.1) is 0 Å². The maximum Gasteiger partial charge on any atom is 0.0400 e. The van der Waals surface area contributed by atoms with Crippen molar-refractivity contribution >= 4 is 48.8 Å². The molecule has 0 unspecified atom stereocenters. The number of benzene rings is 5. The number of nitrogens with two attached hydrogens (primary N) is 1. The van der Waals surface area contributed by atoms with Gasteiger partial charge < -0.3 is 5.73 Å². The third-order valence-corrected chi connectivity index (χ3v) is 6.99. The summed E-state index contributed by atoms with van der Waals surface area (Å²) in [6.07, 6.45) is 12.1. The fourth-order valence-corrected chi connectivity index (χ4v) is 5.43. The summed E-state index contributed by atoms with van der Waals surface area (Å²) >= 11 is 0. The Hall–Kier alpha value is -2.80. The maximum absolute atomic E-state index is 6.53. The fourth-order valence-electron chi connectivity index (χ4n) is 5.43. The molecular weight excluding hydrogens is 374 g/mol. The summed E-state index contributed by atoms with van der Waals surface area (Å²) in [7, 11) is 0. The summed E-state index contributed by atoms with van der Waals surface area (Å²) in [5.74, 6) is 0. The van der Waals surface area contributed by atoms with Crippen LogP contribution in [0.4, 0.5) is 5.69 Å². The zero-order chi connectivity index (χ0) is 21.2. The van der Waals surface area contributed by atoms with Crippen LogP contribution < -0.4 is 5.73 Å². The van der Waals surface area contributed by atoms with Crippen molar-refractivity contribution in [1.82, 2.24) is 0 Å². The largest absolute Gasteiger partial charge is 0.398 e. The molecule has 1 heteroatoms. The summed E-state index contributed by atoms with van der Waals surface area (Å²) in [4.78, 5) is 0. The van der Waals surface area contributed by atoms with Crippen molar-refractivity contribution in [2.75, 3.05) is 5.73 Å². The number of hydrogen-bond donors (Lipinski definition) is 1. The highest BCUT2D eigenvalue weighted by Gasteiger charge is 2.15. The van der Waals surface area contributed by atoms with Crippen molar-refractivity contribution in [1.29, 1.82) is 0 Å². The van der Waals surface area contributed by atoms with E-state index in [1.54, 1.807) is 0 Å². The van der Waals surface area contributed by atoms with Crippen LogP contribution in [0.5, 0.6) is 0 Å². The minimum absolute atomic E-state index is 0.881. The molecule has 158 valence electrons. The van der Waals surface area contributed by atoms with Crippen LogP contribution in [-0.2, 0) is 6.42 Å². The van der Waals surface area contributed by atoms with E-state index in [1.165, 1.54) is 100 Å². The molecular formula is C30H33N. The molecule has 0 saturated heterocycles. The number of hydrogen-bond acceptors (Lipinski definition) is 1. The molecule has 2 N–H and O–H groups in total. The van der Waals surface area contributed by atoms with Gasteiger partial charge in [-0.2, -0.15) is 0 Å². The molecule has 1 nitrogen and oxygen atoms in total. The van der Waals surface area contributed by atoms with Gasteiger partial charge in [0.1, 0.15) is 0 Å². The number of anilines is 1. The molecule has 0 atom stereocenters. The van der Waals surface area contributed by atoms with Crippen LogP contribution in [0.25, 0.3) is 43.1 Å². The molecule has 0 bridgehead atoms. The van der Waals surface area contributed by atoms with E-state index in [-0.39, 0.29) is 0 Å². The Morgan fingerprint density at radius 1 is 0.581 bits per heavy atom. The molecule has 0 aliphatic rings. The van der Waals surface area contributed by atoms with Gasteiger partial charge in [0.2, 0.25) is 0 Å². The van der Waals surface area contributed by atoms with Gasteiger partial charge in [0, 0.05) is 11.1 Å². The van der Waals surface area contributed by atoms with Crippen LogP contribution in [0.3, 0.4) is 0 Å². The van der Waals surface area contributed by atoms with Crippen molar-refractivity contribution in [3.8, 4) is 0 Å². The highest BCUT2D eigenvalue weighted by atomic mass is 14.6. The first-order valence-corrected chi connectivity index (χ1v) is 12.2. The summed E-state index contributed by atoms with van der Waals surface area (Å²) < 4.78 is 0. The zero-order valence-electron chi connectivity index (χ0n) is 18.7. The van der Waals surface area contributed by atoms with Gasteiger partial charge in [-0.05, 0) is 62.2 Å². The van der Waals surface area contributed by atoms with Gasteiger partial charge >= 0.3 is 0 Å². The van der Waals surface area contributed by atoms with E-state index in [0.29, 0.717) is 0 Å². The number of nitrogen functional groups attached to an aromatic ring is 1. The molecule has 5 rings (SSSR count). The minimum Gasteiger partial charge on any atom is -0.398 e. The Morgan fingerprint density at radius 2 is 1.29 bits per heavy atom. The number of rotatable bonds is 9. The quantitative estimate of drug-likeness (QED) is 0.112. The molecule has 0 saturated carbocycles. The lowest BCUT2D eigenvalue weighted by molar-refractivity contribution is 0.575. The van der Waals surface area contributed by atoms with E-state index >= 15 is 0 Å². The first-order chi connectivity index (χ1) is 15.3. The Bertz CT molecular complexity index is 1330. The predicted molar refractivity (Wildman–Crippen MR) is 138 cm³/mol. The molecule has 0 spiro atoms. The summed E-state index contributed by atoms with van der Waals surface area (Å²) in [5, 5.41) is 10.5. The summed E-state index contributed by atoms with van der Waals surface area (Å²) in [5.41, 5.74) is 8.87. The number of fused-ring (bicyclic) bond motifs is 2. The first kappa shape index (κ1) is 20.1. The van der Waals surface area contributed by atoms with Crippen LogP contribution >= 0.6 is 0 Å². The average molecular weight is 408 g/mol. The third kappa shape index (κ3) is 3.71. The summed E-state index contributed by atoms with van der Waals surface area (Å²) in [6, 6.07) is 22.4. The average Bonchev–Trinajstić information content (AvgIpc) is 2.79. The molecule has 5 aromatic carbocycles. The Labute approximate surface area is 185 Å². The second kappa shape index (κ2) is 8.75. The van der Waals surface area contributed by atoms with Crippen LogP contribution in [0.2, 0.25) is 0 Å². The van der Waals surface area contributed by atoms with Crippen molar-refractivity contribution in [3.63, 3.8) is 0 Å². The molecule has 0 radical (unpaired) electrons. The molecule has 31 heavy (non-hydrogen) atoms. The van der Waals surface area contributed by atoms with E-state index in [0.717, 1.165) is 12.1 Å². The second-order valence-corrected chi connectivity index (χ2v) is 9.21. The minimum atomic E-state index is 0.881. The Kier molecular flexibility index (Phi) is 5.68. The molecule has 0 heterocycles. The van der Waals surface area contributed by atoms with Crippen molar-refractivity contribution in [3.05, 3.63) is 66.2 Å². The standard InChI is InChI=1S/C30H33N/c1-2-3-4-5-6-7-8-9-12-21-19-23-17-18-27(31)30-25-16-11-14-22-13-10-15-24(28(22)25)26(20-21)29(23)30/h10-11,13-20H,2-9,12,31H2,1H3. The number of aryl methyl sites for hydroxylation is 1. The van der Waals surface area contributed by atoms with Gasteiger partial charge in [-0.15, -0.1) is 0 Å². The smallest absolute Gasteiger partial charge is 0.0400 e. The zero-order valence-corrected chi connectivity index (χ0v) is 18.7. The van der Waals surface area contributed by atoms with Crippen LogP contribution in [-0.4, -0.2) is 0 Å². The second-order valence-electron chi connectivity index (χ2n) is 9.21. The van der Waals surface area contributed by atoms with Crippen LogP contribution in [0.1, 0.15) is 63.9 Å². The fraction of sp³-hybridized carbons (Fsp3) is 0.333. The van der Waals surface area contributed by atoms with E-state index < -0.39 is 0 Å². The molecule has 0 amide bonds. The first-order valence-electron chi connectivity index (χ1n) is 12.2. The van der Waals surface area contributed by atoms with Gasteiger partial charge in [0.15, 0.2) is 0 Å². The van der Waals surface area contributed by atoms with E-state index in [4.69, 9.17) is 5.73 Å². The third-order valence-electron chi connectivity index (χ3n) is 6.99. The molecule has 0 aliphatic carbocycles. The van der Waals surface area contributed by atoms with Gasteiger partial charge in [-0.3, -0.25) is 0 Å². The van der Waals surface area contributed by atoms with Gasteiger partial charge in [0.05, 0.1) is 0 Å². The van der Waals surface area contributed by atoms with E-state index in [1.807, 2.05) is 0 Å². The van der Waals surface area contributed by atoms with E-state index in [9.17, 15) is 0 Å². The summed E-state index contributed by atoms with van der Waals surface area (Å²) in [6.45, 7) is 2.28. The SMILES string of the molecule is CCCCCCCCCCc1cc2ccc(N)c3c4cccc5cccc(c(c1)c23)c54. The molecule has 0 fully saturated rings. The van der Waals surface area contributed by atoms with Crippen molar-refractivity contribution in [2.24, 2.45) is 0 Å². The maximum atomic E-state index is 6.53. The molecule has 5 aromatic rings. The number of unbranched alkanes of at least 4 members (excludes halogenated alkanes) is 7. The Balaban J connectivity index is 1.50. The van der Waals surface area contributed by atoms with Crippen LogP contribution in [0.15, 0.2) is 60.7 Å². The highest BCUT2D eigenvalue weighted by Crippen LogP contribution is 2.42. The highest BCUT2D eigenvalue weighted by molar-refractivity contribution is 6.35.